The molecule has 0 aromatic carbocycles. The van der Waals surface area contributed by atoms with E-state index < -0.39 is 11.6 Å². The van der Waals surface area contributed by atoms with Gasteiger partial charge < -0.3 is 26.0 Å². The summed E-state index contributed by atoms with van der Waals surface area (Å²) in [5.74, 6) is 1.39. The highest BCUT2D eigenvalue weighted by atomic mass is 16.6. The van der Waals surface area contributed by atoms with Gasteiger partial charge in [0, 0.05) is 42.9 Å². The highest BCUT2D eigenvalue weighted by molar-refractivity contribution is 5.93. The summed E-state index contributed by atoms with van der Waals surface area (Å²) >= 11 is 0. The Morgan fingerprint density at radius 1 is 0.946 bits per heavy atom. The van der Waals surface area contributed by atoms with Gasteiger partial charge in [-0.3, -0.25) is 9.59 Å². The van der Waals surface area contributed by atoms with Gasteiger partial charge in [0.15, 0.2) is 0 Å². The van der Waals surface area contributed by atoms with Crippen LogP contribution in [0.3, 0.4) is 0 Å². The monoisotopic (exact) mass is 506 g/mol. The molecule has 2 aromatic rings. The molecule has 4 aliphatic rings. The van der Waals surface area contributed by atoms with Crippen molar-refractivity contribution in [2.45, 2.75) is 63.5 Å². The number of nitrogens with one attached hydrogen (secondary N) is 4. The van der Waals surface area contributed by atoms with Gasteiger partial charge in [-0.25, -0.2) is 9.78 Å². The van der Waals surface area contributed by atoms with E-state index in [1.807, 2.05) is 19.1 Å². The van der Waals surface area contributed by atoms with Gasteiger partial charge in [-0.05, 0) is 75.5 Å². The standard InChI is InChI=1S/C27H34N6O4/c1-17-5-3-6-21(30-17)24(35)32-26-12-19-11-20(13-26)15-27(14-19,16-26)33-25(36)37-23-8-4-7-22(31-23)29-10-9-28-18(2)34/h3-8,19-20H,9-16H2,1-2H3,(H,28,34)(H,29,31)(H,32,35)(H,33,36). The zero-order valence-electron chi connectivity index (χ0n) is 21.3. The molecule has 0 aliphatic heterocycles. The maximum Gasteiger partial charge on any atom is 0.414 e. The zero-order chi connectivity index (χ0) is 26.0. The number of carbonyl (C=O) groups excluding carboxylic acids is 3. The van der Waals surface area contributed by atoms with Crippen LogP contribution in [0.25, 0.3) is 0 Å². The summed E-state index contributed by atoms with van der Waals surface area (Å²) in [5, 5.41) is 12.3. The normalized spacial score (nSPS) is 27.3. The molecule has 6 rings (SSSR count). The molecular formula is C27H34N6O4. The summed E-state index contributed by atoms with van der Waals surface area (Å²) < 4.78 is 5.57. The lowest BCUT2D eigenvalue weighted by Gasteiger charge is -2.61. The van der Waals surface area contributed by atoms with Gasteiger partial charge in [0.2, 0.25) is 11.8 Å². The number of pyridine rings is 2. The molecule has 2 unspecified atom stereocenters. The molecule has 4 saturated carbocycles. The van der Waals surface area contributed by atoms with Crippen LogP contribution in [-0.2, 0) is 4.79 Å². The van der Waals surface area contributed by atoms with E-state index >= 15 is 0 Å². The minimum absolute atomic E-state index is 0.0960. The highest BCUT2D eigenvalue weighted by Gasteiger charge is 2.59. The van der Waals surface area contributed by atoms with Crippen molar-refractivity contribution < 1.29 is 19.1 Å². The fourth-order valence-electron chi connectivity index (χ4n) is 6.87. The van der Waals surface area contributed by atoms with Gasteiger partial charge in [-0.2, -0.15) is 4.98 Å². The van der Waals surface area contributed by atoms with E-state index in [2.05, 4.69) is 31.2 Å². The number of hydrogen-bond donors (Lipinski definition) is 4. The lowest BCUT2D eigenvalue weighted by molar-refractivity contribution is -0.118. The summed E-state index contributed by atoms with van der Waals surface area (Å²) in [6.45, 7) is 4.30. The van der Waals surface area contributed by atoms with E-state index in [-0.39, 0.29) is 23.2 Å². The van der Waals surface area contributed by atoms with Crippen LogP contribution in [0.5, 0.6) is 5.88 Å². The predicted octanol–water partition coefficient (Wildman–Crippen LogP) is 2.94. The molecule has 4 bridgehead atoms. The average molecular weight is 507 g/mol. The van der Waals surface area contributed by atoms with Crippen molar-refractivity contribution in [3.8, 4) is 5.88 Å². The van der Waals surface area contributed by atoms with Gasteiger partial charge in [0.1, 0.15) is 11.5 Å². The number of aromatic nitrogens is 2. The molecule has 2 heterocycles. The van der Waals surface area contributed by atoms with Gasteiger partial charge >= 0.3 is 6.09 Å². The molecule has 37 heavy (non-hydrogen) atoms. The fraction of sp³-hybridized carbons (Fsp3) is 0.519. The van der Waals surface area contributed by atoms with Crippen LogP contribution in [0.4, 0.5) is 10.6 Å². The summed E-state index contributed by atoms with van der Waals surface area (Å²) in [7, 11) is 0. The third kappa shape index (κ3) is 5.84. The molecule has 4 fully saturated rings. The Labute approximate surface area is 216 Å². The molecule has 4 aliphatic carbocycles. The van der Waals surface area contributed by atoms with Crippen LogP contribution in [0.15, 0.2) is 36.4 Å². The van der Waals surface area contributed by atoms with E-state index in [0.29, 0.717) is 42.9 Å². The largest absolute Gasteiger partial charge is 0.414 e. The molecule has 0 spiro atoms. The van der Waals surface area contributed by atoms with Gasteiger partial charge in [0.25, 0.3) is 5.91 Å². The number of rotatable bonds is 8. The number of anilines is 1. The molecular weight excluding hydrogens is 472 g/mol. The maximum atomic E-state index is 13.1. The van der Waals surface area contributed by atoms with E-state index in [1.165, 1.54) is 6.92 Å². The molecule has 0 radical (unpaired) electrons. The third-order valence-electron chi connectivity index (χ3n) is 7.65. The summed E-state index contributed by atoms with van der Waals surface area (Å²) in [5.41, 5.74) is 0.465. The Hall–Kier alpha value is -3.69. The molecule has 2 atom stereocenters. The van der Waals surface area contributed by atoms with E-state index in [0.717, 1.165) is 37.8 Å². The maximum absolute atomic E-state index is 13.1. The fourth-order valence-corrected chi connectivity index (χ4v) is 6.87. The second-order valence-electron chi connectivity index (χ2n) is 10.9. The molecule has 196 valence electrons. The first kappa shape index (κ1) is 25.0. The van der Waals surface area contributed by atoms with Crippen LogP contribution >= 0.6 is 0 Å². The second-order valence-corrected chi connectivity index (χ2v) is 10.9. The van der Waals surface area contributed by atoms with Crippen LogP contribution < -0.4 is 26.0 Å². The molecule has 2 aromatic heterocycles. The van der Waals surface area contributed by atoms with Gasteiger partial charge in [0.05, 0.1) is 0 Å². The number of carbonyl (C=O) groups is 3. The Bertz CT molecular complexity index is 1190. The molecule has 10 nitrogen and oxygen atoms in total. The van der Waals surface area contributed by atoms with Gasteiger partial charge in [-0.15, -0.1) is 0 Å². The highest BCUT2D eigenvalue weighted by Crippen LogP contribution is 2.57. The van der Waals surface area contributed by atoms with Crippen molar-refractivity contribution >= 4 is 23.7 Å². The lowest BCUT2D eigenvalue weighted by atomic mass is 9.50. The van der Waals surface area contributed by atoms with Crippen molar-refractivity contribution in [3.05, 3.63) is 47.8 Å². The van der Waals surface area contributed by atoms with Crippen molar-refractivity contribution in [1.29, 1.82) is 0 Å². The summed E-state index contributed by atoms with van der Waals surface area (Å²) in [6, 6.07) is 10.6. The molecule has 4 N–H and O–H groups in total. The Morgan fingerprint density at radius 3 is 2.35 bits per heavy atom. The Morgan fingerprint density at radius 2 is 1.65 bits per heavy atom. The van der Waals surface area contributed by atoms with Crippen LogP contribution in [0.1, 0.15) is 61.6 Å². The zero-order valence-corrected chi connectivity index (χ0v) is 21.3. The number of nitrogens with zero attached hydrogens (tertiary/aromatic N) is 2. The lowest BCUT2D eigenvalue weighted by Crippen LogP contribution is -2.70. The minimum atomic E-state index is -0.535. The average Bonchev–Trinajstić information content (AvgIpc) is 2.80. The first-order valence-electron chi connectivity index (χ1n) is 12.9. The van der Waals surface area contributed by atoms with E-state index in [9.17, 15) is 14.4 Å². The topological polar surface area (TPSA) is 134 Å². The van der Waals surface area contributed by atoms with Gasteiger partial charge in [-0.1, -0.05) is 12.1 Å². The molecule has 3 amide bonds. The van der Waals surface area contributed by atoms with Crippen LogP contribution in [-0.4, -0.2) is 52.0 Å². The second kappa shape index (κ2) is 9.99. The minimum Gasteiger partial charge on any atom is -0.391 e. The quantitative estimate of drug-likeness (QED) is 0.405. The third-order valence-corrected chi connectivity index (χ3v) is 7.65. The van der Waals surface area contributed by atoms with Crippen LogP contribution in [0, 0.1) is 18.8 Å². The molecule has 10 heteroatoms. The molecule has 0 saturated heterocycles. The van der Waals surface area contributed by atoms with Crippen molar-refractivity contribution in [2.75, 3.05) is 18.4 Å². The summed E-state index contributed by atoms with van der Waals surface area (Å²) in [6.07, 6.45) is 4.89. The van der Waals surface area contributed by atoms with E-state index in [1.54, 1.807) is 24.3 Å². The Balaban J connectivity index is 1.22. The van der Waals surface area contributed by atoms with Crippen molar-refractivity contribution in [1.82, 2.24) is 25.9 Å². The summed E-state index contributed by atoms with van der Waals surface area (Å²) in [4.78, 5) is 45.8. The smallest absolute Gasteiger partial charge is 0.391 e. The first-order valence-corrected chi connectivity index (χ1v) is 12.9. The van der Waals surface area contributed by atoms with Crippen LogP contribution in [0.2, 0.25) is 0 Å². The number of ether oxygens (including phenoxy) is 1. The first-order chi connectivity index (χ1) is 17.7. The number of aryl methyl sites for hydroxylation is 1. The van der Waals surface area contributed by atoms with Crippen molar-refractivity contribution in [2.24, 2.45) is 11.8 Å². The Kier molecular flexibility index (Phi) is 6.74. The number of amides is 3. The van der Waals surface area contributed by atoms with Crippen molar-refractivity contribution in [3.63, 3.8) is 0 Å². The van der Waals surface area contributed by atoms with E-state index in [4.69, 9.17) is 4.74 Å². The SMILES string of the molecule is CC(=O)NCCNc1cccc(OC(=O)NC23CC4CC(C2)CC(NC(=O)c2cccc(C)n2)(C4)C3)n1. The number of hydrogen-bond acceptors (Lipinski definition) is 7. The predicted molar refractivity (Wildman–Crippen MR) is 137 cm³/mol.